The fraction of sp³-hybridized carbons (Fsp3) is 0.241. The second kappa shape index (κ2) is 9.76. The van der Waals surface area contributed by atoms with Crippen molar-refractivity contribution in [1.82, 2.24) is 18.2 Å². The summed E-state index contributed by atoms with van der Waals surface area (Å²) in [6, 6.07) is 18.9. The molecule has 2 aliphatic rings. The second-order valence-electron chi connectivity index (χ2n) is 9.78. The predicted octanol–water partition coefficient (Wildman–Crippen LogP) is 3.54. The maximum atomic E-state index is 15.4. The van der Waals surface area contributed by atoms with Crippen molar-refractivity contribution in [3.8, 4) is 5.69 Å². The molecule has 1 saturated heterocycles. The molecular weight excluding hydrogens is 535 g/mol. The molecule has 1 fully saturated rings. The Morgan fingerprint density at radius 3 is 2.27 bits per heavy atom. The van der Waals surface area contributed by atoms with E-state index in [0.29, 0.717) is 17.0 Å². The van der Waals surface area contributed by atoms with Crippen molar-refractivity contribution >= 4 is 10.0 Å². The van der Waals surface area contributed by atoms with E-state index in [9.17, 15) is 18.0 Å². The number of aromatic nitrogens is 3. The van der Waals surface area contributed by atoms with E-state index < -0.39 is 39.3 Å². The van der Waals surface area contributed by atoms with Crippen molar-refractivity contribution in [2.75, 3.05) is 13.2 Å². The summed E-state index contributed by atoms with van der Waals surface area (Å²) in [7, 11) is -4.17. The maximum Gasteiger partial charge on any atom is 0.352 e. The number of allylic oxidation sites excluding steroid dienone is 1. The van der Waals surface area contributed by atoms with Gasteiger partial charge in [-0.05, 0) is 44.2 Å². The number of aryl methyl sites for hydroxylation is 1. The van der Waals surface area contributed by atoms with Gasteiger partial charge < -0.3 is 4.74 Å². The van der Waals surface area contributed by atoms with Crippen LogP contribution in [-0.4, -0.2) is 39.8 Å². The molecule has 0 unspecified atom stereocenters. The first-order chi connectivity index (χ1) is 19.2. The van der Waals surface area contributed by atoms with Gasteiger partial charge in [0.2, 0.25) is 10.0 Å². The number of para-hydroxylation sites is 1. The summed E-state index contributed by atoms with van der Waals surface area (Å²) in [6.07, 6.45) is 0. The third kappa shape index (κ3) is 3.96. The summed E-state index contributed by atoms with van der Waals surface area (Å²) in [5, 5.41) is 0. The first kappa shape index (κ1) is 26.0. The van der Waals surface area contributed by atoms with Crippen LogP contribution >= 0.6 is 0 Å². The van der Waals surface area contributed by atoms with Crippen LogP contribution in [0.2, 0.25) is 0 Å². The highest BCUT2D eigenvalue weighted by Crippen LogP contribution is 2.49. The number of halogens is 1. The molecule has 9 nitrogen and oxygen atoms in total. The van der Waals surface area contributed by atoms with Gasteiger partial charge in [-0.3, -0.25) is 0 Å². The lowest BCUT2D eigenvalue weighted by Gasteiger charge is -2.29. The number of benzene rings is 3. The molecule has 0 amide bonds. The van der Waals surface area contributed by atoms with E-state index >= 15 is 4.39 Å². The summed E-state index contributed by atoms with van der Waals surface area (Å²) in [5.41, 5.74) is 0.665. The van der Waals surface area contributed by atoms with Crippen LogP contribution in [0.4, 0.5) is 4.39 Å². The molecule has 0 radical (unpaired) electrons. The van der Waals surface area contributed by atoms with E-state index in [1.54, 1.807) is 55.5 Å². The smallest absolute Gasteiger partial charge is 0.352 e. The fourth-order valence-electron chi connectivity index (χ4n) is 5.63. The highest BCUT2D eigenvalue weighted by molar-refractivity contribution is 7.89. The van der Waals surface area contributed by atoms with Crippen molar-refractivity contribution < 1.29 is 17.5 Å². The van der Waals surface area contributed by atoms with Gasteiger partial charge in [0, 0.05) is 17.7 Å². The molecule has 2 atom stereocenters. The molecule has 4 aromatic rings. The highest BCUT2D eigenvalue weighted by Gasteiger charge is 2.51. The predicted molar refractivity (Wildman–Crippen MR) is 146 cm³/mol. The molecule has 1 aromatic heterocycles. The van der Waals surface area contributed by atoms with E-state index in [1.165, 1.54) is 44.0 Å². The second-order valence-corrected chi connectivity index (χ2v) is 11.7. The van der Waals surface area contributed by atoms with Crippen LogP contribution in [-0.2, 0) is 21.3 Å². The van der Waals surface area contributed by atoms with Crippen LogP contribution in [0.1, 0.15) is 30.1 Å². The quantitative estimate of drug-likeness (QED) is 0.358. The number of hydrogen-bond acceptors (Lipinski definition) is 5. The van der Waals surface area contributed by atoms with Crippen LogP contribution < -0.4 is 11.4 Å². The molecule has 206 valence electrons. The molecule has 3 heterocycles. The zero-order valence-corrected chi connectivity index (χ0v) is 22.7. The molecule has 0 spiro atoms. The number of sulfonamides is 1. The van der Waals surface area contributed by atoms with Gasteiger partial charge in [-0.1, -0.05) is 54.1 Å². The lowest BCUT2D eigenvalue weighted by molar-refractivity contribution is 0.183. The van der Waals surface area contributed by atoms with Crippen molar-refractivity contribution in [2.45, 2.75) is 37.4 Å². The lowest BCUT2D eigenvalue weighted by Crippen LogP contribution is -2.37. The van der Waals surface area contributed by atoms with Crippen LogP contribution in [0.15, 0.2) is 105 Å². The monoisotopic (exact) mass is 562 g/mol. The molecule has 6 rings (SSSR count). The summed E-state index contributed by atoms with van der Waals surface area (Å²) in [4.78, 5) is 27.4. The van der Waals surface area contributed by atoms with E-state index in [-0.39, 0.29) is 30.2 Å². The number of nitrogens with zero attached hydrogens (tertiary/aromatic N) is 4. The van der Waals surface area contributed by atoms with Gasteiger partial charge in [0.25, 0.3) is 0 Å². The van der Waals surface area contributed by atoms with Gasteiger partial charge in [-0.15, -0.1) is 0 Å². The Labute approximate surface area is 230 Å². The van der Waals surface area contributed by atoms with Gasteiger partial charge in [-0.2, -0.15) is 4.31 Å². The van der Waals surface area contributed by atoms with Gasteiger partial charge in [-0.25, -0.2) is 36.3 Å². The van der Waals surface area contributed by atoms with Crippen molar-refractivity contribution in [1.29, 1.82) is 0 Å². The number of rotatable bonds is 6. The van der Waals surface area contributed by atoms with Gasteiger partial charge >= 0.3 is 11.4 Å². The van der Waals surface area contributed by atoms with E-state index in [2.05, 4.69) is 0 Å². The minimum Gasteiger partial charge on any atom is -0.496 e. The average molecular weight is 563 g/mol. The van der Waals surface area contributed by atoms with Crippen molar-refractivity contribution in [3.63, 3.8) is 0 Å². The zero-order chi connectivity index (χ0) is 28.2. The molecule has 0 bridgehead atoms. The average Bonchev–Trinajstić information content (AvgIpc) is 3.46. The van der Waals surface area contributed by atoms with Crippen molar-refractivity contribution in [2.24, 2.45) is 0 Å². The SMILES string of the molecule is CCOC1=C2[C@H](c3ccccc3F)N(S(=O)(=O)c3ccc(C)cc3)C[C@H]2n2c(=O)n(-c3ccccc3)c(=O)n2C1. The first-order valence-corrected chi connectivity index (χ1v) is 14.4. The van der Waals surface area contributed by atoms with Crippen molar-refractivity contribution in [3.05, 3.63) is 128 Å². The number of fused-ring (bicyclic) bond motifs is 3. The van der Waals surface area contributed by atoms with Crippen LogP contribution in [0.3, 0.4) is 0 Å². The summed E-state index contributed by atoms with van der Waals surface area (Å²) >= 11 is 0. The molecule has 11 heteroatoms. The normalized spacial score (nSPS) is 19.0. The van der Waals surface area contributed by atoms with E-state index in [0.717, 1.165) is 10.1 Å². The zero-order valence-electron chi connectivity index (χ0n) is 21.9. The van der Waals surface area contributed by atoms with Gasteiger partial charge in [0.05, 0.1) is 29.3 Å². The topological polar surface area (TPSA) is 95.5 Å². The maximum absolute atomic E-state index is 15.4. The molecule has 2 aliphatic heterocycles. The molecule has 0 saturated carbocycles. The van der Waals surface area contributed by atoms with E-state index in [4.69, 9.17) is 4.74 Å². The first-order valence-electron chi connectivity index (χ1n) is 12.9. The minimum absolute atomic E-state index is 0.0447. The Hall–Kier alpha value is -4.22. The molecule has 0 N–H and O–H groups in total. The Morgan fingerprint density at radius 2 is 1.60 bits per heavy atom. The third-order valence-corrected chi connectivity index (χ3v) is 9.27. The highest BCUT2D eigenvalue weighted by atomic mass is 32.2. The fourth-order valence-corrected chi connectivity index (χ4v) is 7.22. The van der Waals surface area contributed by atoms with E-state index in [1.807, 2.05) is 6.92 Å². The Balaban J connectivity index is 1.61. The van der Waals surface area contributed by atoms with Gasteiger partial charge in [0.1, 0.15) is 18.1 Å². The third-order valence-electron chi connectivity index (χ3n) is 7.42. The number of hydrogen-bond donors (Lipinski definition) is 0. The van der Waals surface area contributed by atoms with Crippen LogP contribution in [0.5, 0.6) is 0 Å². The Kier molecular flexibility index (Phi) is 6.35. The molecule has 3 aromatic carbocycles. The van der Waals surface area contributed by atoms with Crippen LogP contribution in [0.25, 0.3) is 5.69 Å². The summed E-state index contributed by atoms with van der Waals surface area (Å²) in [5.74, 6) is -0.243. The largest absolute Gasteiger partial charge is 0.496 e. The molecular formula is C29H27FN4O5S. The number of ether oxygens (including phenoxy) is 1. The van der Waals surface area contributed by atoms with Crippen LogP contribution in [0, 0.1) is 12.7 Å². The minimum atomic E-state index is -4.17. The molecule has 40 heavy (non-hydrogen) atoms. The summed E-state index contributed by atoms with van der Waals surface area (Å²) < 4.78 is 54.4. The summed E-state index contributed by atoms with van der Waals surface area (Å²) in [6.45, 7) is 3.57. The van der Waals surface area contributed by atoms with Gasteiger partial charge in [0.15, 0.2) is 0 Å². The molecule has 0 aliphatic carbocycles. The Morgan fingerprint density at radius 1 is 0.925 bits per heavy atom. The lowest BCUT2D eigenvalue weighted by atomic mass is 9.95. The Bertz CT molecular complexity index is 1860. The standard InChI is InChI=1S/C29H27FN4O5S/c1-3-39-25-18-31-28(35)33(20-9-5-4-6-10-20)29(36)34(31)24-17-32(40(37,38)21-15-13-19(2)14-16-21)27(26(24)25)22-11-7-8-12-23(22)30/h4-16,24,27H,3,17-18H2,1-2H3/t24-,27+/m1/s1.